The Hall–Kier alpha value is -0.860. The van der Waals surface area contributed by atoms with Crippen molar-refractivity contribution < 1.29 is 9.47 Å². The van der Waals surface area contributed by atoms with Gasteiger partial charge in [-0.1, -0.05) is 30.4 Å². The highest BCUT2D eigenvalue weighted by Crippen LogP contribution is 2.04. The lowest BCUT2D eigenvalue weighted by molar-refractivity contribution is 0.0258. The standard InChI is InChI=1S/C13H20O2/c1-12(2)15-10-9-14-11-13-7-5-3-4-6-8-13/h3,5-8,12H,4,9-11H2,1-2H3. The van der Waals surface area contributed by atoms with E-state index in [1.807, 2.05) is 13.8 Å². The highest BCUT2D eigenvalue weighted by Gasteiger charge is 1.96. The summed E-state index contributed by atoms with van der Waals surface area (Å²) in [6.45, 7) is 6.06. The minimum Gasteiger partial charge on any atom is -0.376 e. The molecule has 0 heterocycles. The maximum absolute atomic E-state index is 5.50. The summed E-state index contributed by atoms with van der Waals surface area (Å²) >= 11 is 0. The summed E-state index contributed by atoms with van der Waals surface area (Å²) in [6.07, 6.45) is 11.8. The van der Waals surface area contributed by atoms with Gasteiger partial charge in [-0.05, 0) is 25.8 Å². The van der Waals surface area contributed by atoms with Crippen molar-refractivity contribution in [1.29, 1.82) is 0 Å². The van der Waals surface area contributed by atoms with Crippen molar-refractivity contribution in [3.8, 4) is 0 Å². The van der Waals surface area contributed by atoms with Crippen LogP contribution >= 0.6 is 0 Å². The van der Waals surface area contributed by atoms with Gasteiger partial charge in [-0.15, -0.1) is 0 Å². The monoisotopic (exact) mass is 208 g/mol. The van der Waals surface area contributed by atoms with Gasteiger partial charge in [0.1, 0.15) is 0 Å². The predicted octanol–water partition coefficient (Wildman–Crippen LogP) is 2.87. The van der Waals surface area contributed by atoms with Gasteiger partial charge < -0.3 is 9.47 Å². The number of allylic oxidation sites excluding steroid dienone is 4. The minimum atomic E-state index is 0.286. The van der Waals surface area contributed by atoms with Crippen LogP contribution in [0, 0.1) is 0 Å². The summed E-state index contributed by atoms with van der Waals surface area (Å²) in [5.41, 5.74) is 1.22. The van der Waals surface area contributed by atoms with Crippen LogP contribution in [-0.4, -0.2) is 25.9 Å². The lowest BCUT2D eigenvalue weighted by Crippen LogP contribution is -2.10. The predicted molar refractivity (Wildman–Crippen MR) is 62.9 cm³/mol. The largest absolute Gasteiger partial charge is 0.376 e. The Labute approximate surface area is 92.3 Å². The molecule has 1 aliphatic rings. The molecule has 0 atom stereocenters. The van der Waals surface area contributed by atoms with E-state index in [1.54, 1.807) is 0 Å². The number of hydrogen-bond acceptors (Lipinski definition) is 2. The van der Waals surface area contributed by atoms with Gasteiger partial charge in [0.15, 0.2) is 0 Å². The van der Waals surface area contributed by atoms with Crippen LogP contribution in [0.2, 0.25) is 0 Å². The molecule has 2 nitrogen and oxygen atoms in total. The Morgan fingerprint density at radius 3 is 2.93 bits per heavy atom. The van der Waals surface area contributed by atoms with Gasteiger partial charge in [-0.3, -0.25) is 0 Å². The van der Waals surface area contributed by atoms with Gasteiger partial charge in [-0.2, -0.15) is 0 Å². The summed E-state index contributed by atoms with van der Waals surface area (Å²) in [5, 5.41) is 0. The van der Waals surface area contributed by atoms with Crippen molar-refractivity contribution in [3.05, 3.63) is 36.0 Å². The van der Waals surface area contributed by atoms with Gasteiger partial charge >= 0.3 is 0 Å². The SMILES string of the molecule is CC(C)OCCOCC1=CC=CCC=C1. The van der Waals surface area contributed by atoms with Crippen LogP contribution < -0.4 is 0 Å². The maximum atomic E-state index is 5.50. The molecule has 0 spiro atoms. The van der Waals surface area contributed by atoms with E-state index in [0.717, 1.165) is 6.42 Å². The third-order valence-electron chi connectivity index (χ3n) is 2.00. The van der Waals surface area contributed by atoms with E-state index < -0.39 is 0 Å². The molecule has 1 rings (SSSR count). The smallest absolute Gasteiger partial charge is 0.0717 e. The van der Waals surface area contributed by atoms with Crippen LogP contribution in [0.4, 0.5) is 0 Å². The lowest BCUT2D eigenvalue weighted by Gasteiger charge is -2.08. The number of ether oxygens (including phenoxy) is 2. The summed E-state index contributed by atoms with van der Waals surface area (Å²) in [7, 11) is 0. The topological polar surface area (TPSA) is 18.5 Å². The fourth-order valence-electron chi connectivity index (χ4n) is 1.25. The zero-order valence-corrected chi connectivity index (χ0v) is 9.61. The van der Waals surface area contributed by atoms with Crippen molar-refractivity contribution in [1.82, 2.24) is 0 Å². The molecule has 0 aromatic rings. The van der Waals surface area contributed by atoms with Crippen LogP contribution in [0.3, 0.4) is 0 Å². The Bertz CT molecular complexity index is 249. The van der Waals surface area contributed by atoms with Crippen LogP contribution in [0.1, 0.15) is 20.3 Å². The fraction of sp³-hybridized carbons (Fsp3) is 0.538. The molecule has 84 valence electrons. The first kappa shape index (κ1) is 12.2. The molecule has 15 heavy (non-hydrogen) atoms. The van der Waals surface area contributed by atoms with Gasteiger partial charge in [0, 0.05) is 0 Å². The molecule has 2 heteroatoms. The zero-order valence-electron chi connectivity index (χ0n) is 9.61. The van der Waals surface area contributed by atoms with Crippen LogP contribution in [0.5, 0.6) is 0 Å². The molecule has 0 amide bonds. The van der Waals surface area contributed by atoms with Crippen LogP contribution in [0.25, 0.3) is 0 Å². The Balaban J connectivity index is 2.09. The van der Waals surface area contributed by atoms with E-state index in [1.165, 1.54) is 5.57 Å². The Morgan fingerprint density at radius 2 is 2.13 bits per heavy atom. The molecule has 0 saturated carbocycles. The average Bonchev–Trinajstić information content (AvgIpc) is 2.45. The van der Waals surface area contributed by atoms with Gasteiger partial charge in [-0.25, -0.2) is 0 Å². The molecule has 0 aromatic carbocycles. The maximum Gasteiger partial charge on any atom is 0.0717 e. The van der Waals surface area contributed by atoms with Crippen LogP contribution in [0.15, 0.2) is 36.0 Å². The normalized spacial score (nSPS) is 15.5. The van der Waals surface area contributed by atoms with Crippen LogP contribution in [-0.2, 0) is 9.47 Å². The molecule has 0 aromatic heterocycles. The molecule has 0 N–H and O–H groups in total. The van der Waals surface area contributed by atoms with E-state index in [9.17, 15) is 0 Å². The molecule has 1 aliphatic carbocycles. The van der Waals surface area contributed by atoms with Crippen molar-refractivity contribution in [2.75, 3.05) is 19.8 Å². The van der Waals surface area contributed by atoms with Gasteiger partial charge in [0.2, 0.25) is 0 Å². The molecule has 0 fully saturated rings. The zero-order chi connectivity index (χ0) is 10.9. The highest BCUT2D eigenvalue weighted by molar-refractivity contribution is 5.27. The van der Waals surface area contributed by atoms with Crippen molar-refractivity contribution >= 4 is 0 Å². The summed E-state index contributed by atoms with van der Waals surface area (Å²) < 4.78 is 10.9. The highest BCUT2D eigenvalue weighted by atomic mass is 16.5. The summed E-state index contributed by atoms with van der Waals surface area (Å²) in [5.74, 6) is 0. The summed E-state index contributed by atoms with van der Waals surface area (Å²) in [6, 6.07) is 0. The Kier molecular flexibility index (Phi) is 6.05. The van der Waals surface area contributed by atoms with E-state index >= 15 is 0 Å². The van der Waals surface area contributed by atoms with E-state index in [4.69, 9.17) is 9.47 Å². The third kappa shape index (κ3) is 6.26. The molecule has 0 aliphatic heterocycles. The first-order valence-corrected chi connectivity index (χ1v) is 5.50. The first-order chi connectivity index (χ1) is 7.29. The second kappa shape index (κ2) is 7.43. The van der Waals surface area contributed by atoms with Gasteiger partial charge in [0.25, 0.3) is 0 Å². The number of hydrogen-bond donors (Lipinski definition) is 0. The average molecular weight is 208 g/mol. The number of rotatable bonds is 6. The molecule has 0 bridgehead atoms. The minimum absolute atomic E-state index is 0.286. The molecular formula is C13H20O2. The second-order valence-corrected chi connectivity index (χ2v) is 3.78. The molecular weight excluding hydrogens is 188 g/mol. The van der Waals surface area contributed by atoms with E-state index in [2.05, 4.69) is 30.4 Å². The van der Waals surface area contributed by atoms with E-state index in [-0.39, 0.29) is 6.10 Å². The molecule has 0 saturated heterocycles. The van der Waals surface area contributed by atoms with Gasteiger partial charge in [0.05, 0.1) is 25.9 Å². The third-order valence-corrected chi connectivity index (χ3v) is 2.00. The molecule has 0 radical (unpaired) electrons. The molecule has 0 unspecified atom stereocenters. The second-order valence-electron chi connectivity index (χ2n) is 3.78. The fourth-order valence-corrected chi connectivity index (χ4v) is 1.25. The quantitative estimate of drug-likeness (QED) is 0.625. The van der Waals surface area contributed by atoms with E-state index in [0.29, 0.717) is 19.8 Å². The van der Waals surface area contributed by atoms with Crippen molar-refractivity contribution in [2.24, 2.45) is 0 Å². The van der Waals surface area contributed by atoms with Crippen molar-refractivity contribution in [2.45, 2.75) is 26.4 Å². The summed E-state index contributed by atoms with van der Waals surface area (Å²) in [4.78, 5) is 0. The van der Waals surface area contributed by atoms with Crippen molar-refractivity contribution in [3.63, 3.8) is 0 Å². The Morgan fingerprint density at radius 1 is 1.27 bits per heavy atom. The first-order valence-electron chi connectivity index (χ1n) is 5.50. The lowest BCUT2D eigenvalue weighted by atomic mass is 10.2.